The minimum atomic E-state index is -3.58. The fourth-order valence-corrected chi connectivity index (χ4v) is 5.24. The first kappa shape index (κ1) is 31.9. The van der Waals surface area contributed by atoms with Crippen LogP contribution in [0, 0.1) is 0 Å². The molecule has 216 valence electrons. The predicted molar refractivity (Wildman–Crippen MR) is 155 cm³/mol. The van der Waals surface area contributed by atoms with Gasteiger partial charge in [-0.2, -0.15) is 0 Å². The summed E-state index contributed by atoms with van der Waals surface area (Å²) in [6.45, 7) is 7.25. The Morgan fingerprint density at radius 2 is 1.72 bits per heavy atom. The van der Waals surface area contributed by atoms with Gasteiger partial charge in [0.2, 0.25) is 21.8 Å². The van der Waals surface area contributed by atoms with E-state index in [9.17, 15) is 18.0 Å². The average molecular weight is 562 g/mol. The molecule has 0 aromatic heterocycles. The molecule has 0 aliphatic carbocycles. The smallest absolute Gasteiger partial charge is 0.242 e. The van der Waals surface area contributed by atoms with Crippen LogP contribution in [0.2, 0.25) is 0 Å². The Balaban J connectivity index is 2.20. The molecular weight excluding hydrogens is 518 g/mol. The first-order valence-corrected chi connectivity index (χ1v) is 15.4. The van der Waals surface area contributed by atoms with Gasteiger partial charge in [-0.3, -0.25) is 13.9 Å². The molecule has 0 aliphatic heterocycles. The number of nitrogens with one attached hydrogen (secondary N) is 1. The zero-order valence-corrected chi connectivity index (χ0v) is 24.6. The van der Waals surface area contributed by atoms with Gasteiger partial charge in [0.15, 0.2) is 0 Å². The number of rotatable bonds is 17. The second kappa shape index (κ2) is 16.0. The molecule has 2 aromatic carbocycles. The number of hydrogen-bond acceptors (Lipinski definition) is 6. The third-order valence-corrected chi connectivity index (χ3v) is 7.48. The molecule has 0 saturated heterocycles. The van der Waals surface area contributed by atoms with E-state index in [4.69, 9.17) is 9.47 Å². The van der Waals surface area contributed by atoms with Crippen LogP contribution in [-0.2, 0) is 26.2 Å². The lowest BCUT2D eigenvalue weighted by Gasteiger charge is -2.31. The van der Waals surface area contributed by atoms with Crippen molar-refractivity contribution in [1.29, 1.82) is 0 Å². The van der Waals surface area contributed by atoms with Crippen molar-refractivity contribution < 1.29 is 27.5 Å². The van der Waals surface area contributed by atoms with Crippen LogP contribution in [0.25, 0.3) is 0 Å². The normalized spacial score (nSPS) is 11.9. The molecule has 0 fully saturated rings. The van der Waals surface area contributed by atoms with E-state index in [1.165, 1.54) is 4.31 Å². The molecule has 0 unspecified atom stereocenters. The molecule has 10 heteroatoms. The number of hydrogen-bond donors (Lipinski definition) is 1. The van der Waals surface area contributed by atoms with Crippen LogP contribution in [0.4, 0.5) is 5.69 Å². The van der Waals surface area contributed by atoms with Gasteiger partial charge in [-0.1, -0.05) is 32.4 Å². The molecule has 0 bridgehead atoms. The molecule has 9 nitrogen and oxygen atoms in total. The fourth-order valence-electron chi connectivity index (χ4n) is 4.27. The number of unbranched alkanes of at least 4 members (excludes halogenated alkanes) is 1. The van der Waals surface area contributed by atoms with Gasteiger partial charge in [0.1, 0.15) is 17.5 Å². The highest BCUT2D eigenvalue weighted by Crippen LogP contribution is 2.23. The van der Waals surface area contributed by atoms with Gasteiger partial charge in [-0.05, 0) is 68.1 Å². The van der Waals surface area contributed by atoms with Crippen LogP contribution in [0.1, 0.15) is 58.4 Å². The Labute approximate surface area is 233 Å². The van der Waals surface area contributed by atoms with E-state index < -0.39 is 16.1 Å². The number of carbonyl (C=O) groups excluding carboxylic acids is 2. The molecular formula is C29H43N3O6S. The monoisotopic (exact) mass is 561 g/mol. The molecule has 0 saturated carbocycles. The number of amides is 2. The second-order valence-electron chi connectivity index (χ2n) is 9.31. The standard InChI is InChI=1S/C29H43N3O6S/c1-6-9-19-30-29(34)27(7-2)31(22-23-12-10-13-26(21-23)37-4)28(33)14-11-20-32(39(5,35)36)24-15-17-25(18-16-24)38-8-3/h10,12-13,15-18,21,27H,6-9,11,14,19-20,22H2,1-5H3,(H,30,34)/t27-/m0/s1. The van der Waals surface area contributed by atoms with E-state index >= 15 is 0 Å². The molecule has 1 atom stereocenters. The minimum Gasteiger partial charge on any atom is -0.497 e. The van der Waals surface area contributed by atoms with Gasteiger partial charge in [0.05, 0.1) is 25.7 Å². The number of benzene rings is 2. The van der Waals surface area contributed by atoms with Crippen molar-refractivity contribution in [3.05, 3.63) is 54.1 Å². The van der Waals surface area contributed by atoms with Crippen LogP contribution in [0.15, 0.2) is 48.5 Å². The highest BCUT2D eigenvalue weighted by molar-refractivity contribution is 7.92. The molecule has 2 amide bonds. The Kier molecular flexibility index (Phi) is 13.1. The summed E-state index contributed by atoms with van der Waals surface area (Å²) in [5.74, 6) is 0.921. The summed E-state index contributed by atoms with van der Waals surface area (Å²) in [6, 6.07) is 13.6. The molecule has 0 heterocycles. The van der Waals surface area contributed by atoms with Gasteiger partial charge < -0.3 is 19.7 Å². The average Bonchev–Trinajstić information content (AvgIpc) is 2.91. The van der Waals surface area contributed by atoms with Crippen LogP contribution in [0.5, 0.6) is 11.5 Å². The Morgan fingerprint density at radius 3 is 2.31 bits per heavy atom. The maximum atomic E-state index is 13.6. The number of sulfonamides is 1. The van der Waals surface area contributed by atoms with Crippen molar-refractivity contribution in [2.24, 2.45) is 0 Å². The topological polar surface area (TPSA) is 105 Å². The Morgan fingerprint density at radius 1 is 1.00 bits per heavy atom. The third-order valence-electron chi connectivity index (χ3n) is 6.29. The Hall–Kier alpha value is -3.27. The molecule has 0 radical (unpaired) electrons. The van der Waals surface area contributed by atoms with E-state index in [0.29, 0.717) is 43.2 Å². The summed E-state index contributed by atoms with van der Waals surface area (Å²) in [6.07, 6.45) is 3.80. The maximum Gasteiger partial charge on any atom is 0.242 e. The predicted octanol–water partition coefficient (Wildman–Crippen LogP) is 4.36. The van der Waals surface area contributed by atoms with E-state index in [1.807, 2.05) is 38.1 Å². The van der Waals surface area contributed by atoms with Crippen molar-refractivity contribution >= 4 is 27.5 Å². The van der Waals surface area contributed by atoms with Crippen molar-refractivity contribution in [2.45, 2.75) is 65.5 Å². The van der Waals surface area contributed by atoms with Gasteiger partial charge in [0, 0.05) is 26.1 Å². The molecule has 39 heavy (non-hydrogen) atoms. The molecule has 2 rings (SSSR count). The second-order valence-corrected chi connectivity index (χ2v) is 11.2. The summed E-state index contributed by atoms with van der Waals surface area (Å²) in [4.78, 5) is 28.2. The van der Waals surface area contributed by atoms with Crippen LogP contribution >= 0.6 is 0 Å². The highest BCUT2D eigenvalue weighted by Gasteiger charge is 2.29. The SMILES string of the molecule is CCCCNC(=O)[C@H](CC)N(Cc1cccc(OC)c1)C(=O)CCCN(c1ccc(OCC)cc1)S(C)(=O)=O. The lowest BCUT2D eigenvalue weighted by molar-refractivity contribution is -0.141. The Bertz CT molecular complexity index is 1150. The molecule has 0 aliphatic rings. The zero-order valence-electron chi connectivity index (χ0n) is 23.8. The van der Waals surface area contributed by atoms with Crippen LogP contribution in [-0.4, -0.2) is 64.2 Å². The maximum absolute atomic E-state index is 13.6. The number of nitrogens with zero attached hydrogens (tertiary/aromatic N) is 2. The van der Waals surface area contributed by atoms with Gasteiger partial charge >= 0.3 is 0 Å². The van der Waals surface area contributed by atoms with Crippen LogP contribution < -0.4 is 19.1 Å². The quantitative estimate of drug-likeness (QED) is 0.288. The number of methoxy groups -OCH3 is 1. The van der Waals surface area contributed by atoms with E-state index in [1.54, 1.807) is 36.3 Å². The van der Waals surface area contributed by atoms with Gasteiger partial charge in [-0.25, -0.2) is 8.42 Å². The number of anilines is 1. The lowest BCUT2D eigenvalue weighted by atomic mass is 10.1. The van der Waals surface area contributed by atoms with Gasteiger partial charge in [0.25, 0.3) is 0 Å². The zero-order chi connectivity index (χ0) is 28.8. The van der Waals surface area contributed by atoms with Gasteiger partial charge in [-0.15, -0.1) is 0 Å². The van der Waals surface area contributed by atoms with Crippen molar-refractivity contribution in [3.63, 3.8) is 0 Å². The van der Waals surface area contributed by atoms with Crippen LogP contribution in [0.3, 0.4) is 0 Å². The fraction of sp³-hybridized carbons (Fsp3) is 0.517. The third kappa shape index (κ3) is 10.1. The lowest BCUT2D eigenvalue weighted by Crippen LogP contribution is -2.49. The summed E-state index contributed by atoms with van der Waals surface area (Å²) in [7, 11) is -2.00. The number of ether oxygens (including phenoxy) is 2. The summed E-state index contributed by atoms with van der Waals surface area (Å²) >= 11 is 0. The minimum absolute atomic E-state index is 0.0890. The number of carbonyl (C=O) groups is 2. The van der Waals surface area contributed by atoms with Crippen molar-refractivity contribution in [1.82, 2.24) is 10.2 Å². The first-order valence-electron chi connectivity index (χ1n) is 13.5. The summed E-state index contributed by atoms with van der Waals surface area (Å²) in [5, 5.41) is 2.95. The highest BCUT2D eigenvalue weighted by atomic mass is 32.2. The summed E-state index contributed by atoms with van der Waals surface area (Å²) < 4.78 is 37.2. The molecule has 0 spiro atoms. The van der Waals surface area contributed by atoms with E-state index in [0.717, 1.165) is 24.7 Å². The first-order chi connectivity index (χ1) is 18.6. The van der Waals surface area contributed by atoms with E-state index in [2.05, 4.69) is 12.2 Å². The summed E-state index contributed by atoms with van der Waals surface area (Å²) in [5.41, 5.74) is 1.35. The largest absolute Gasteiger partial charge is 0.497 e. The molecule has 2 aromatic rings. The van der Waals surface area contributed by atoms with E-state index in [-0.39, 0.29) is 31.3 Å². The van der Waals surface area contributed by atoms with Crippen molar-refractivity contribution in [3.8, 4) is 11.5 Å². The van der Waals surface area contributed by atoms with Crippen molar-refractivity contribution in [2.75, 3.05) is 37.4 Å². The molecule has 1 N–H and O–H groups in total.